The number of anilines is 1. The van der Waals surface area contributed by atoms with E-state index in [9.17, 15) is 8.78 Å². The van der Waals surface area contributed by atoms with Gasteiger partial charge in [-0.3, -0.25) is 0 Å². The molecule has 0 aliphatic heterocycles. The Hall–Kier alpha value is -1.12. The normalized spacial score (nSPS) is 38.5. The van der Waals surface area contributed by atoms with Crippen molar-refractivity contribution >= 4 is 5.69 Å². The van der Waals surface area contributed by atoms with E-state index in [2.05, 4.69) is 12.2 Å². The molecule has 0 radical (unpaired) electrons. The number of halogens is 2. The Labute approximate surface area is 125 Å². The molecule has 4 bridgehead atoms. The number of rotatable bonds is 3. The van der Waals surface area contributed by atoms with Crippen LogP contribution in [-0.4, -0.2) is 6.04 Å². The molecule has 1 unspecified atom stereocenters. The van der Waals surface area contributed by atoms with Gasteiger partial charge in [0.15, 0.2) is 11.6 Å². The zero-order valence-electron chi connectivity index (χ0n) is 12.5. The van der Waals surface area contributed by atoms with Crippen LogP contribution < -0.4 is 5.32 Å². The molecule has 21 heavy (non-hydrogen) atoms. The largest absolute Gasteiger partial charge is 0.380 e. The molecule has 0 amide bonds. The maximum atomic E-state index is 13.9. The highest BCUT2D eigenvalue weighted by Gasteiger charge is 2.53. The molecular formula is C18H23F2N. The lowest BCUT2D eigenvalue weighted by molar-refractivity contribution is -0.0603. The average Bonchev–Trinajstić information content (AvgIpc) is 2.42. The summed E-state index contributed by atoms with van der Waals surface area (Å²) in [4.78, 5) is 0. The second-order valence-electron chi connectivity index (χ2n) is 7.75. The Balaban J connectivity index is 1.57. The van der Waals surface area contributed by atoms with Crippen molar-refractivity contribution in [3.05, 3.63) is 29.8 Å². The molecule has 0 aromatic heterocycles. The van der Waals surface area contributed by atoms with Gasteiger partial charge >= 0.3 is 0 Å². The van der Waals surface area contributed by atoms with E-state index in [1.807, 2.05) is 0 Å². The van der Waals surface area contributed by atoms with Crippen LogP contribution in [0.25, 0.3) is 0 Å². The first-order valence-electron chi connectivity index (χ1n) is 8.26. The van der Waals surface area contributed by atoms with Crippen LogP contribution in [0.15, 0.2) is 18.2 Å². The molecule has 1 aromatic carbocycles. The summed E-state index contributed by atoms with van der Waals surface area (Å²) in [5.41, 5.74) is 0.617. The van der Waals surface area contributed by atoms with Crippen molar-refractivity contribution < 1.29 is 8.78 Å². The maximum absolute atomic E-state index is 13.9. The Morgan fingerprint density at radius 1 is 1.05 bits per heavy atom. The number of hydrogen-bond donors (Lipinski definition) is 1. The molecule has 0 heterocycles. The van der Waals surface area contributed by atoms with Gasteiger partial charge in [0.2, 0.25) is 0 Å². The third-order valence-electron chi connectivity index (χ3n) is 6.33. The molecule has 4 aliphatic carbocycles. The van der Waals surface area contributed by atoms with E-state index in [4.69, 9.17) is 0 Å². The lowest BCUT2D eigenvalue weighted by Crippen LogP contribution is -2.53. The summed E-state index contributed by atoms with van der Waals surface area (Å²) in [5.74, 6) is 1.11. The second kappa shape index (κ2) is 4.69. The Morgan fingerprint density at radius 3 is 2.19 bits per heavy atom. The lowest BCUT2D eigenvalue weighted by Gasteiger charge is -2.59. The summed E-state index contributed by atoms with van der Waals surface area (Å²) >= 11 is 0. The van der Waals surface area contributed by atoms with Crippen molar-refractivity contribution in [1.29, 1.82) is 0 Å². The van der Waals surface area contributed by atoms with Gasteiger partial charge in [0.05, 0.1) is 5.69 Å². The van der Waals surface area contributed by atoms with Gasteiger partial charge in [0.25, 0.3) is 0 Å². The first-order valence-corrected chi connectivity index (χ1v) is 8.26. The van der Waals surface area contributed by atoms with Crippen LogP contribution in [-0.2, 0) is 0 Å². The number of nitrogens with one attached hydrogen (secondary N) is 1. The van der Waals surface area contributed by atoms with Crippen LogP contribution in [0, 0.1) is 34.8 Å². The van der Waals surface area contributed by atoms with Crippen molar-refractivity contribution in [1.82, 2.24) is 0 Å². The lowest BCUT2D eigenvalue weighted by atomic mass is 9.48. The Bertz CT molecular complexity index is 519. The van der Waals surface area contributed by atoms with E-state index < -0.39 is 11.6 Å². The molecule has 1 nitrogen and oxygen atoms in total. The van der Waals surface area contributed by atoms with Crippen LogP contribution in [0.3, 0.4) is 0 Å². The first-order chi connectivity index (χ1) is 10.1. The van der Waals surface area contributed by atoms with E-state index in [0.717, 1.165) is 17.8 Å². The second-order valence-corrected chi connectivity index (χ2v) is 7.75. The van der Waals surface area contributed by atoms with Gasteiger partial charge in [-0.2, -0.15) is 0 Å². The zero-order valence-corrected chi connectivity index (χ0v) is 12.5. The minimum absolute atomic E-state index is 0.210. The quantitative estimate of drug-likeness (QED) is 0.828. The average molecular weight is 291 g/mol. The van der Waals surface area contributed by atoms with Crippen molar-refractivity contribution in [3.63, 3.8) is 0 Å². The van der Waals surface area contributed by atoms with Crippen LogP contribution in [0.1, 0.15) is 45.4 Å². The molecule has 1 aromatic rings. The van der Waals surface area contributed by atoms with Gasteiger partial charge in [-0.15, -0.1) is 0 Å². The molecule has 1 N–H and O–H groups in total. The predicted molar refractivity (Wildman–Crippen MR) is 80.0 cm³/mol. The molecule has 4 fully saturated rings. The molecule has 0 saturated heterocycles. The van der Waals surface area contributed by atoms with E-state index in [0.29, 0.717) is 11.1 Å². The molecule has 114 valence electrons. The molecule has 3 heteroatoms. The van der Waals surface area contributed by atoms with Gasteiger partial charge in [-0.1, -0.05) is 6.07 Å². The minimum Gasteiger partial charge on any atom is -0.380 e. The van der Waals surface area contributed by atoms with Crippen molar-refractivity contribution in [2.24, 2.45) is 23.2 Å². The summed E-state index contributed by atoms with van der Waals surface area (Å²) in [6, 6.07) is 4.61. The van der Waals surface area contributed by atoms with Crippen molar-refractivity contribution in [2.45, 2.75) is 51.5 Å². The highest BCUT2D eigenvalue weighted by molar-refractivity contribution is 5.46. The standard InChI is InChI=1S/C18H23F2N/c1-11(21-16-4-2-3-15(19)17(16)20)18-8-12-5-13(9-18)7-14(6-12)10-18/h2-4,11-14,21H,5-10H2,1H3. The van der Waals surface area contributed by atoms with E-state index in [1.165, 1.54) is 44.6 Å². The topological polar surface area (TPSA) is 12.0 Å². The Kier molecular flexibility index (Phi) is 3.02. The monoisotopic (exact) mass is 291 g/mol. The predicted octanol–water partition coefficient (Wildman–Crippen LogP) is 4.98. The van der Waals surface area contributed by atoms with Crippen LogP contribution in [0.4, 0.5) is 14.5 Å². The fourth-order valence-electron chi connectivity index (χ4n) is 5.71. The van der Waals surface area contributed by atoms with Crippen LogP contribution >= 0.6 is 0 Å². The summed E-state index contributed by atoms with van der Waals surface area (Å²) in [6.45, 7) is 2.16. The summed E-state index contributed by atoms with van der Waals surface area (Å²) < 4.78 is 27.3. The Morgan fingerprint density at radius 2 is 1.62 bits per heavy atom. The molecule has 5 rings (SSSR count). The zero-order chi connectivity index (χ0) is 14.6. The summed E-state index contributed by atoms with van der Waals surface area (Å²) in [7, 11) is 0. The number of benzene rings is 1. The molecular weight excluding hydrogens is 268 g/mol. The smallest absolute Gasteiger partial charge is 0.181 e. The molecule has 4 aliphatic rings. The van der Waals surface area contributed by atoms with E-state index >= 15 is 0 Å². The van der Waals surface area contributed by atoms with Gasteiger partial charge in [-0.25, -0.2) is 8.78 Å². The highest BCUT2D eigenvalue weighted by Crippen LogP contribution is 2.61. The van der Waals surface area contributed by atoms with Crippen molar-refractivity contribution in [2.75, 3.05) is 5.32 Å². The summed E-state index contributed by atoms with van der Waals surface area (Å²) in [5, 5.41) is 3.29. The van der Waals surface area contributed by atoms with Crippen LogP contribution in [0.5, 0.6) is 0 Å². The van der Waals surface area contributed by atoms with Crippen molar-refractivity contribution in [3.8, 4) is 0 Å². The first kappa shape index (κ1) is 13.5. The molecule has 0 spiro atoms. The summed E-state index contributed by atoms with van der Waals surface area (Å²) in [6.07, 6.45) is 8.01. The molecule has 1 atom stereocenters. The molecule has 4 saturated carbocycles. The SMILES string of the molecule is CC(Nc1cccc(F)c1F)C12CC3CC(CC(C3)C1)C2. The van der Waals surface area contributed by atoms with Gasteiger partial charge in [0.1, 0.15) is 0 Å². The fraction of sp³-hybridized carbons (Fsp3) is 0.667. The van der Waals surface area contributed by atoms with E-state index in [-0.39, 0.29) is 6.04 Å². The van der Waals surface area contributed by atoms with Gasteiger partial charge in [0, 0.05) is 6.04 Å². The third kappa shape index (κ3) is 2.16. The van der Waals surface area contributed by atoms with Crippen LogP contribution in [0.2, 0.25) is 0 Å². The van der Waals surface area contributed by atoms with E-state index in [1.54, 1.807) is 12.1 Å². The van der Waals surface area contributed by atoms with Gasteiger partial charge in [-0.05, 0) is 80.8 Å². The third-order valence-corrected chi connectivity index (χ3v) is 6.33. The highest BCUT2D eigenvalue weighted by atomic mass is 19.2. The maximum Gasteiger partial charge on any atom is 0.181 e. The fourth-order valence-corrected chi connectivity index (χ4v) is 5.71. The minimum atomic E-state index is -0.766. The van der Waals surface area contributed by atoms with Gasteiger partial charge < -0.3 is 5.32 Å². The number of hydrogen-bond acceptors (Lipinski definition) is 1.